The van der Waals surface area contributed by atoms with Crippen LogP contribution in [0.15, 0.2) is 164 Å². The van der Waals surface area contributed by atoms with Crippen LogP contribution in [0.25, 0.3) is 83.9 Å². The molecule has 5 heteroatoms. The summed E-state index contributed by atoms with van der Waals surface area (Å²) in [6, 6.07) is 39.9. The Hall–Kier alpha value is -6.35. The minimum atomic E-state index is -3.84. The molecular weight excluding hydrogens is 986 g/mol. The van der Waals surface area contributed by atoms with Crippen molar-refractivity contribution in [2.24, 2.45) is 0 Å². The molecule has 7 aromatic carbocycles. The predicted octanol–water partition coefficient (Wildman–Crippen LogP) is 16.1. The van der Waals surface area contributed by atoms with Crippen LogP contribution in [0.1, 0.15) is 106 Å². The second kappa shape index (κ2) is 17.8. The molecule has 0 aliphatic carbocycles. The Labute approximate surface area is 428 Å². The number of hydrogen-bond acceptors (Lipinski definition) is 3. The Bertz CT molecular complexity index is 3840. The standard InChI is InChI=1S/C61H58N3O.Pt/c1-39-33-55(52(38-51(39)41-17-12-11-13-18-41)42-25-29-47(30-26-42)60(5,6)7)64-54-21-16-20-49(57(54)63-58(64)50-19-14-15-22-56(50)65)44-34-45(36-48(35-44)61(8,9)10)53-37-43(31-32-62-53)40-23-27-46(28-24-40)59(2,3)4;/h11-33,35-38,65H,1-10H3;/q-1;/i1D3,2D3,3D3,4D3,23D,24D,27D,28D;. The number of hydrogen-bond donors (Lipinski definition) is 1. The molecule has 0 aliphatic heterocycles. The van der Waals surface area contributed by atoms with Crippen LogP contribution in [0.3, 0.4) is 0 Å². The predicted molar refractivity (Wildman–Crippen MR) is 273 cm³/mol. The summed E-state index contributed by atoms with van der Waals surface area (Å²) in [5.41, 5.74) is 2.47. The molecule has 9 aromatic rings. The van der Waals surface area contributed by atoms with Crippen LogP contribution >= 0.6 is 0 Å². The Morgan fingerprint density at radius 1 is 0.561 bits per heavy atom. The van der Waals surface area contributed by atoms with Gasteiger partial charge >= 0.3 is 0 Å². The average molecular weight is 1060 g/mol. The number of phenols is 1. The maximum Gasteiger partial charge on any atom is 0.148 e. The number of fused-ring (bicyclic) bond motifs is 1. The third-order valence-electron chi connectivity index (χ3n) is 11.7. The van der Waals surface area contributed by atoms with Crippen molar-refractivity contribution < 1.29 is 48.1 Å². The minimum absolute atomic E-state index is 0. The van der Waals surface area contributed by atoms with Crippen molar-refractivity contribution in [1.29, 1.82) is 0 Å². The summed E-state index contributed by atoms with van der Waals surface area (Å²) in [5.74, 6) is 0.245. The van der Waals surface area contributed by atoms with Gasteiger partial charge in [-0.1, -0.05) is 182 Å². The van der Waals surface area contributed by atoms with Gasteiger partial charge in [-0.2, -0.15) is 0 Å². The molecule has 0 fully saturated rings. The second-order valence-electron chi connectivity index (χ2n) is 18.4. The Morgan fingerprint density at radius 2 is 1.23 bits per heavy atom. The van der Waals surface area contributed by atoms with Gasteiger partial charge in [-0.15, -0.1) is 29.3 Å². The summed E-state index contributed by atoms with van der Waals surface area (Å²) in [7, 11) is 0. The summed E-state index contributed by atoms with van der Waals surface area (Å²) in [5, 5.41) is 11.7. The zero-order chi connectivity index (χ0) is 59.3. The van der Waals surface area contributed by atoms with Crippen molar-refractivity contribution in [3.05, 3.63) is 192 Å². The number of pyridine rings is 1. The van der Waals surface area contributed by atoms with E-state index in [0.717, 1.165) is 16.7 Å². The van der Waals surface area contributed by atoms with Crippen molar-refractivity contribution in [1.82, 2.24) is 14.5 Å². The van der Waals surface area contributed by atoms with E-state index in [2.05, 4.69) is 44.0 Å². The van der Waals surface area contributed by atoms with E-state index in [1.54, 1.807) is 30.3 Å². The molecule has 0 aliphatic rings. The average Bonchev–Trinajstić information content (AvgIpc) is 3.90. The molecule has 2 heterocycles. The van der Waals surface area contributed by atoms with Gasteiger partial charge in [0.15, 0.2) is 0 Å². The van der Waals surface area contributed by atoms with Gasteiger partial charge in [0.25, 0.3) is 0 Å². The Kier molecular flexibility index (Phi) is 8.10. The quantitative estimate of drug-likeness (QED) is 0.162. The van der Waals surface area contributed by atoms with Crippen molar-refractivity contribution in [3.8, 4) is 78.6 Å². The number of benzene rings is 7. The fraction of sp³-hybridized carbons (Fsp3) is 0.213. The van der Waals surface area contributed by atoms with E-state index in [0.29, 0.717) is 61.5 Å². The molecule has 9 rings (SSSR count). The van der Waals surface area contributed by atoms with Gasteiger partial charge in [-0.05, 0) is 104 Å². The van der Waals surface area contributed by atoms with Gasteiger partial charge in [0, 0.05) is 55.0 Å². The van der Waals surface area contributed by atoms with Gasteiger partial charge in [-0.3, -0.25) is 9.55 Å². The Balaban J connectivity index is 0.00000880. The Morgan fingerprint density at radius 3 is 1.91 bits per heavy atom. The minimum Gasteiger partial charge on any atom is -0.507 e. The molecule has 66 heavy (non-hydrogen) atoms. The number of nitrogens with zero attached hydrogens (tertiary/aromatic N) is 3. The summed E-state index contributed by atoms with van der Waals surface area (Å²) >= 11 is 0. The van der Waals surface area contributed by atoms with E-state index in [1.165, 1.54) is 18.3 Å². The van der Waals surface area contributed by atoms with Crippen LogP contribution in [0.4, 0.5) is 0 Å². The largest absolute Gasteiger partial charge is 0.507 e. The van der Waals surface area contributed by atoms with Crippen molar-refractivity contribution in [2.45, 2.75) is 85.2 Å². The first-order valence-corrected chi connectivity index (χ1v) is 21.4. The van der Waals surface area contributed by atoms with Gasteiger partial charge < -0.3 is 5.11 Å². The maximum atomic E-state index is 11.7. The fourth-order valence-electron chi connectivity index (χ4n) is 8.08. The smallest absolute Gasteiger partial charge is 0.148 e. The number of rotatable bonds is 7. The van der Waals surface area contributed by atoms with Crippen molar-refractivity contribution in [3.63, 3.8) is 0 Å². The molecule has 4 nitrogen and oxygen atoms in total. The molecule has 2 aromatic heterocycles. The molecular formula is C61H58N3OPt-. The number of aromatic hydroxyl groups is 1. The molecule has 0 amide bonds. The third kappa shape index (κ3) is 9.09. The maximum absolute atomic E-state index is 11.7. The van der Waals surface area contributed by atoms with Gasteiger partial charge in [0.05, 0.1) is 27.8 Å². The van der Waals surface area contributed by atoms with Crippen molar-refractivity contribution in [2.75, 3.05) is 0 Å². The van der Waals surface area contributed by atoms with Crippen LogP contribution in [-0.4, -0.2) is 19.6 Å². The zero-order valence-electron chi connectivity index (χ0n) is 53.4. The molecule has 0 spiro atoms. The molecule has 1 N–H and O–H groups in total. The first kappa shape index (κ1) is 30.0. The fourth-order valence-corrected chi connectivity index (χ4v) is 8.08. The van der Waals surface area contributed by atoms with E-state index in [1.807, 2.05) is 104 Å². The van der Waals surface area contributed by atoms with Crippen LogP contribution in [-0.2, 0) is 37.3 Å². The van der Waals surface area contributed by atoms with Gasteiger partial charge in [0.2, 0.25) is 0 Å². The molecule has 0 atom stereocenters. The number of phenolic OH excluding ortho intramolecular Hbond substituents is 1. The van der Waals surface area contributed by atoms with Crippen LogP contribution in [0.5, 0.6) is 5.75 Å². The van der Waals surface area contributed by atoms with E-state index >= 15 is 0 Å². The number of aromatic nitrogens is 3. The van der Waals surface area contributed by atoms with E-state index in [-0.39, 0.29) is 54.6 Å². The normalized spacial score (nSPS) is 16.3. The third-order valence-corrected chi connectivity index (χ3v) is 11.7. The molecule has 0 radical (unpaired) electrons. The number of para-hydroxylation sites is 2. The molecule has 334 valence electrons. The number of aryl methyl sites for hydroxylation is 1. The summed E-state index contributed by atoms with van der Waals surface area (Å²) < 4.78 is 139. The molecule has 0 saturated carbocycles. The monoisotopic (exact) mass is 1060 g/mol. The van der Waals surface area contributed by atoms with E-state index < -0.39 is 68.0 Å². The molecule has 0 saturated heterocycles. The molecule has 0 bridgehead atoms. The zero-order valence-corrected chi connectivity index (χ0v) is 39.7. The van der Waals surface area contributed by atoms with Gasteiger partial charge in [0.1, 0.15) is 11.6 Å². The summed E-state index contributed by atoms with van der Waals surface area (Å²) in [6.45, 7) is -1.64. The SMILES string of the molecule is [2H]c1c([2H])c(C(C([2H])([2H])[2H])(C([2H])([2H])[2H])C([2H])([2H])[2H])c([2H])c([2H])c1-c1ccnc(-c2[c-]c(-c3cccc4c3nc(-c3ccccc3O)n4-c3cc(C([2H])([2H])[2H])c(-c4ccccc4)cc3-c3ccc(C(C)(C)C)cc3)cc(C(C)(C)C)c2)c1.[Pt]. The van der Waals surface area contributed by atoms with Crippen LogP contribution in [0.2, 0.25) is 0 Å². The topological polar surface area (TPSA) is 50.9 Å². The van der Waals surface area contributed by atoms with Crippen LogP contribution < -0.4 is 0 Å². The number of imidazole rings is 1. The first-order chi connectivity index (χ1) is 37.6. The summed E-state index contributed by atoms with van der Waals surface area (Å²) in [4.78, 5) is 10.0. The van der Waals surface area contributed by atoms with Crippen molar-refractivity contribution >= 4 is 11.0 Å². The van der Waals surface area contributed by atoms with E-state index in [9.17, 15) is 5.11 Å². The molecule has 0 unspecified atom stereocenters. The summed E-state index contributed by atoms with van der Waals surface area (Å²) in [6.07, 6.45) is 1.38. The van der Waals surface area contributed by atoms with E-state index in [4.69, 9.17) is 26.9 Å². The van der Waals surface area contributed by atoms with Gasteiger partial charge in [-0.25, -0.2) is 4.98 Å². The first-order valence-electron chi connectivity index (χ1n) is 29.4. The second-order valence-corrected chi connectivity index (χ2v) is 18.4. The van der Waals surface area contributed by atoms with Crippen LogP contribution in [0, 0.1) is 12.9 Å².